The van der Waals surface area contributed by atoms with Crippen LogP contribution >= 0.6 is 0 Å². The topological polar surface area (TPSA) is 91.6 Å². The number of aromatic nitrogens is 1. The molecular weight excluding hydrogens is 306 g/mol. The normalized spacial score (nSPS) is 15.1. The monoisotopic (exact) mass is 333 g/mol. The van der Waals surface area contributed by atoms with Gasteiger partial charge >= 0.3 is 0 Å². The molecule has 1 aromatic rings. The van der Waals surface area contributed by atoms with Gasteiger partial charge in [0.1, 0.15) is 11.4 Å². The van der Waals surface area contributed by atoms with Gasteiger partial charge in [0.2, 0.25) is 0 Å². The summed E-state index contributed by atoms with van der Waals surface area (Å²) < 4.78 is 0. The smallest absolute Gasteiger partial charge is 0.272 e. The van der Waals surface area contributed by atoms with Gasteiger partial charge in [-0.05, 0) is 38.1 Å². The van der Waals surface area contributed by atoms with Crippen molar-refractivity contribution >= 4 is 11.8 Å². The Morgan fingerprint density at radius 1 is 1.25 bits per heavy atom. The third-order valence-electron chi connectivity index (χ3n) is 4.18. The molecule has 0 saturated carbocycles. The minimum atomic E-state index is -0.314. The van der Waals surface area contributed by atoms with Gasteiger partial charge in [-0.15, -0.1) is 0 Å². The van der Waals surface area contributed by atoms with Crippen LogP contribution in [0.4, 0.5) is 0 Å². The molecule has 0 aromatic carbocycles. The highest BCUT2D eigenvalue weighted by Gasteiger charge is 2.17. The molecule has 7 nitrogen and oxygen atoms in total. The van der Waals surface area contributed by atoms with E-state index in [1.54, 1.807) is 30.1 Å². The maximum absolute atomic E-state index is 12.5. The van der Waals surface area contributed by atoms with Crippen LogP contribution in [0.5, 0.6) is 0 Å². The average Bonchev–Trinajstić information content (AvgIpc) is 2.64. The van der Waals surface area contributed by atoms with Crippen molar-refractivity contribution in [1.82, 2.24) is 20.1 Å². The molecule has 0 unspecified atom stereocenters. The molecule has 0 bridgehead atoms. The number of rotatable bonds is 7. The quantitative estimate of drug-likeness (QED) is 0.750. The predicted molar refractivity (Wildman–Crippen MR) is 92.9 cm³/mol. The highest BCUT2D eigenvalue weighted by molar-refractivity contribution is 5.96. The third kappa shape index (κ3) is 5.28. The van der Waals surface area contributed by atoms with E-state index in [1.807, 2.05) is 0 Å². The van der Waals surface area contributed by atoms with E-state index in [4.69, 9.17) is 5.73 Å². The molecule has 1 aromatic heterocycles. The van der Waals surface area contributed by atoms with Gasteiger partial charge in [-0.1, -0.05) is 12.5 Å². The standard InChI is InChI=1S/C17H27N5O2/c1-21(12-13-22-10-3-2-4-11-22)17(24)15-7-5-6-14(20-15)16(23)19-9-8-18/h5-7H,2-4,8-13,18H2,1H3,(H,19,23). The van der Waals surface area contributed by atoms with Crippen LogP contribution in [-0.4, -0.2) is 72.9 Å². The molecule has 1 fully saturated rings. The lowest BCUT2D eigenvalue weighted by molar-refractivity contribution is 0.0767. The van der Waals surface area contributed by atoms with E-state index >= 15 is 0 Å². The van der Waals surface area contributed by atoms with E-state index < -0.39 is 0 Å². The van der Waals surface area contributed by atoms with Gasteiger partial charge in [-0.2, -0.15) is 0 Å². The van der Waals surface area contributed by atoms with Crippen LogP contribution in [-0.2, 0) is 0 Å². The highest BCUT2D eigenvalue weighted by atomic mass is 16.2. The second kappa shape index (κ2) is 9.34. The highest BCUT2D eigenvalue weighted by Crippen LogP contribution is 2.09. The van der Waals surface area contributed by atoms with E-state index in [-0.39, 0.29) is 23.2 Å². The van der Waals surface area contributed by atoms with E-state index in [9.17, 15) is 9.59 Å². The third-order valence-corrected chi connectivity index (χ3v) is 4.18. The van der Waals surface area contributed by atoms with Gasteiger partial charge in [0.15, 0.2) is 0 Å². The van der Waals surface area contributed by atoms with Crippen molar-refractivity contribution in [2.75, 3.05) is 46.3 Å². The van der Waals surface area contributed by atoms with Crippen molar-refractivity contribution in [2.24, 2.45) is 5.73 Å². The van der Waals surface area contributed by atoms with Gasteiger partial charge in [-0.25, -0.2) is 4.98 Å². The molecule has 0 aliphatic carbocycles. The summed E-state index contributed by atoms with van der Waals surface area (Å²) >= 11 is 0. The first kappa shape index (κ1) is 18.4. The van der Waals surface area contributed by atoms with E-state index in [2.05, 4.69) is 15.2 Å². The van der Waals surface area contributed by atoms with Crippen molar-refractivity contribution in [1.29, 1.82) is 0 Å². The zero-order chi connectivity index (χ0) is 17.4. The molecule has 0 radical (unpaired) electrons. The Morgan fingerprint density at radius 3 is 2.67 bits per heavy atom. The predicted octanol–water partition coefficient (Wildman–Crippen LogP) is 0.328. The van der Waals surface area contributed by atoms with Crippen LogP contribution in [0.3, 0.4) is 0 Å². The second-order valence-electron chi connectivity index (χ2n) is 6.08. The van der Waals surface area contributed by atoms with E-state index in [0.29, 0.717) is 19.6 Å². The van der Waals surface area contributed by atoms with Crippen LogP contribution in [0.25, 0.3) is 0 Å². The zero-order valence-corrected chi connectivity index (χ0v) is 14.3. The van der Waals surface area contributed by atoms with Crippen molar-refractivity contribution < 1.29 is 9.59 Å². The number of nitrogens with zero attached hydrogens (tertiary/aromatic N) is 3. The minimum Gasteiger partial charge on any atom is -0.349 e. The number of likely N-dealkylation sites (N-methyl/N-ethyl adjacent to an activating group) is 1. The Balaban J connectivity index is 1.91. The van der Waals surface area contributed by atoms with Gasteiger partial charge in [0, 0.05) is 33.2 Å². The van der Waals surface area contributed by atoms with Crippen LogP contribution < -0.4 is 11.1 Å². The average molecular weight is 333 g/mol. The summed E-state index contributed by atoms with van der Waals surface area (Å²) in [6.45, 7) is 4.50. The Kier molecular flexibility index (Phi) is 7.14. The number of pyridine rings is 1. The molecule has 1 aliphatic heterocycles. The van der Waals surface area contributed by atoms with Crippen LogP contribution in [0.2, 0.25) is 0 Å². The minimum absolute atomic E-state index is 0.166. The van der Waals surface area contributed by atoms with E-state index in [1.165, 1.54) is 19.3 Å². The van der Waals surface area contributed by atoms with Gasteiger partial charge < -0.3 is 20.9 Å². The van der Waals surface area contributed by atoms with Crippen molar-refractivity contribution in [3.05, 3.63) is 29.6 Å². The SMILES string of the molecule is CN(CCN1CCCCC1)C(=O)c1cccc(C(=O)NCCN)n1. The van der Waals surface area contributed by atoms with Gasteiger partial charge in [0.25, 0.3) is 11.8 Å². The van der Waals surface area contributed by atoms with Crippen molar-refractivity contribution in [3.8, 4) is 0 Å². The summed E-state index contributed by atoms with van der Waals surface area (Å²) in [7, 11) is 1.77. The molecule has 2 amide bonds. The molecule has 3 N–H and O–H groups in total. The van der Waals surface area contributed by atoms with Gasteiger partial charge in [-0.3, -0.25) is 9.59 Å². The summed E-state index contributed by atoms with van der Waals surface area (Å²) in [5, 5.41) is 2.65. The Labute approximate surface area is 143 Å². The largest absolute Gasteiger partial charge is 0.349 e. The molecule has 0 spiro atoms. The summed E-state index contributed by atoms with van der Waals surface area (Å²) in [4.78, 5) is 32.7. The number of nitrogens with two attached hydrogens (primary N) is 1. The lowest BCUT2D eigenvalue weighted by Gasteiger charge is -2.28. The number of carbonyl (C=O) groups excluding carboxylic acids is 2. The lowest BCUT2D eigenvalue weighted by atomic mass is 10.1. The summed E-state index contributed by atoms with van der Waals surface area (Å²) in [6.07, 6.45) is 3.77. The van der Waals surface area contributed by atoms with Crippen molar-refractivity contribution in [2.45, 2.75) is 19.3 Å². The molecular formula is C17H27N5O2. The van der Waals surface area contributed by atoms with Gasteiger partial charge in [0.05, 0.1) is 0 Å². The summed E-state index contributed by atoms with van der Waals surface area (Å²) in [6, 6.07) is 4.91. The summed E-state index contributed by atoms with van der Waals surface area (Å²) in [5.41, 5.74) is 5.89. The first-order valence-electron chi connectivity index (χ1n) is 8.55. The van der Waals surface area contributed by atoms with E-state index in [0.717, 1.165) is 19.6 Å². The number of hydrogen-bond donors (Lipinski definition) is 2. The Morgan fingerprint density at radius 2 is 1.96 bits per heavy atom. The maximum atomic E-state index is 12.5. The fraction of sp³-hybridized carbons (Fsp3) is 0.588. The number of piperidine rings is 1. The molecule has 1 aliphatic rings. The first-order valence-corrected chi connectivity index (χ1v) is 8.55. The maximum Gasteiger partial charge on any atom is 0.272 e. The Bertz CT molecular complexity index is 558. The van der Waals surface area contributed by atoms with Crippen molar-refractivity contribution in [3.63, 3.8) is 0 Å². The molecule has 132 valence electrons. The second-order valence-corrected chi connectivity index (χ2v) is 6.08. The number of hydrogen-bond acceptors (Lipinski definition) is 5. The Hall–Kier alpha value is -1.99. The fourth-order valence-corrected chi connectivity index (χ4v) is 2.73. The number of likely N-dealkylation sites (tertiary alicyclic amines) is 1. The molecule has 0 atom stereocenters. The molecule has 2 heterocycles. The lowest BCUT2D eigenvalue weighted by Crippen LogP contribution is -2.39. The molecule has 24 heavy (non-hydrogen) atoms. The molecule has 2 rings (SSSR count). The van der Waals surface area contributed by atoms with Crippen LogP contribution in [0, 0.1) is 0 Å². The number of carbonyl (C=O) groups is 2. The number of amides is 2. The molecule has 7 heteroatoms. The van der Waals surface area contributed by atoms with Crippen LogP contribution in [0.15, 0.2) is 18.2 Å². The zero-order valence-electron chi connectivity index (χ0n) is 14.3. The summed E-state index contributed by atoms with van der Waals surface area (Å²) in [5.74, 6) is -0.480. The molecule has 1 saturated heterocycles. The number of nitrogens with one attached hydrogen (secondary N) is 1. The fourth-order valence-electron chi connectivity index (χ4n) is 2.73. The van der Waals surface area contributed by atoms with Crippen LogP contribution in [0.1, 0.15) is 40.2 Å². The first-order chi connectivity index (χ1) is 11.6.